The van der Waals surface area contributed by atoms with E-state index < -0.39 is 5.54 Å². The lowest BCUT2D eigenvalue weighted by molar-refractivity contribution is -0.131. The molecule has 1 saturated heterocycles. The molecule has 1 N–H and O–H groups in total. The number of benzene rings is 2. The summed E-state index contributed by atoms with van der Waals surface area (Å²) in [4.78, 5) is 26.3. The van der Waals surface area contributed by atoms with Crippen molar-refractivity contribution in [2.45, 2.75) is 25.8 Å². The van der Waals surface area contributed by atoms with E-state index in [-0.39, 0.29) is 11.9 Å². The quantitative estimate of drug-likeness (QED) is 0.650. The molecular formula is C20H22N2O3. The topological polar surface area (TPSA) is 58.6 Å². The molecule has 3 amide bonds. The normalized spacial score (nSPS) is 19.8. The van der Waals surface area contributed by atoms with Gasteiger partial charge >= 0.3 is 6.03 Å². The molecule has 1 aliphatic heterocycles. The van der Waals surface area contributed by atoms with Gasteiger partial charge in [-0.3, -0.25) is 9.69 Å². The minimum absolute atomic E-state index is 0.221. The Labute approximate surface area is 147 Å². The minimum atomic E-state index is -1.01. The van der Waals surface area contributed by atoms with Crippen molar-refractivity contribution in [3.05, 3.63) is 65.7 Å². The molecule has 0 spiro atoms. The van der Waals surface area contributed by atoms with Gasteiger partial charge in [0.15, 0.2) is 0 Å². The van der Waals surface area contributed by atoms with E-state index >= 15 is 0 Å². The smallest absolute Gasteiger partial charge is 0.325 e. The number of aryl methyl sites for hydroxylation is 1. The third-order valence-electron chi connectivity index (χ3n) is 4.44. The number of carbonyl (C=O) groups is 2. The van der Waals surface area contributed by atoms with Crippen molar-refractivity contribution in [3.8, 4) is 5.75 Å². The molecule has 1 aliphatic rings. The van der Waals surface area contributed by atoms with E-state index in [2.05, 4.69) is 5.32 Å². The average Bonchev–Trinajstić information content (AvgIpc) is 2.83. The van der Waals surface area contributed by atoms with E-state index in [1.165, 1.54) is 4.90 Å². The van der Waals surface area contributed by atoms with Crippen LogP contribution in [0.3, 0.4) is 0 Å². The minimum Gasteiger partial charge on any atom is -0.494 e. The Morgan fingerprint density at radius 2 is 1.72 bits per heavy atom. The predicted octanol–water partition coefficient (Wildman–Crippen LogP) is 3.23. The molecule has 3 rings (SSSR count). The van der Waals surface area contributed by atoms with Crippen molar-refractivity contribution < 1.29 is 14.3 Å². The summed E-state index contributed by atoms with van der Waals surface area (Å²) < 4.78 is 5.62. The molecule has 5 heteroatoms. The van der Waals surface area contributed by atoms with Crippen molar-refractivity contribution in [2.24, 2.45) is 0 Å². The molecule has 1 atom stereocenters. The number of para-hydroxylation sites is 1. The van der Waals surface area contributed by atoms with Crippen molar-refractivity contribution in [1.82, 2.24) is 10.2 Å². The van der Waals surface area contributed by atoms with Crippen molar-refractivity contribution in [1.29, 1.82) is 0 Å². The number of carbonyl (C=O) groups excluding carboxylic acids is 2. The summed E-state index contributed by atoms with van der Waals surface area (Å²) in [7, 11) is 0. The summed E-state index contributed by atoms with van der Waals surface area (Å²) in [5.41, 5.74) is 0.893. The number of nitrogens with zero attached hydrogens (tertiary/aromatic N) is 1. The van der Waals surface area contributed by atoms with Crippen LogP contribution in [0.2, 0.25) is 0 Å². The maximum Gasteiger partial charge on any atom is 0.325 e. The van der Waals surface area contributed by atoms with Crippen LogP contribution >= 0.6 is 0 Å². The maximum absolute atomic E-state index is 12.8. The van der Waals surface area contributed by atoms with E-state index in [0.29, 0.717) is 19.6 Å². The van der Waals surface area contributed by atoms with E-state index in [1.807, 2.05) is 61.5 Å². The van der Waals surface area contributed by atoms with Gasteiger partial charge in [0.05, 0.1) is 6.61 Å². The van der Waals surface area contributed by atoms with Crippen LogP contribution < -0.4 is 10.1 Å². The van der Waals surface area contributed by atoms with Gasteiger partial charge in [0.1, 0.15) is 11.3 Å². The van der Waals surface area contributed by atoms with Crippen LogP contribution in [0, 0.1) is 6.92 Å². The number of urea groups is 1. The van der Waals surface area contributed by atoms with Crippen LogP contribution in [0.5, 0.6) is 5.75 Å². The SMILES string of the molecule is Cc1ccc(C2(C)NC(=O)N(CCCOc3ccccc3)C2=O)cc1. The zero-order valence-corrected chi connectivity index (χ0v) is 14.5. The van der Waals surface area contributed by atoms with E-state index in [4.69, 9.17) is 4.74 Å². The Hall–Kier alpha value is -2.82. The first-order valence-corrected chi connectivity index (χ1v) is 8.40. The highest BCUT2D eigenvalue weighted by Gasteiger charge is 2.48. The number of hydrogen-bond donors (Lipinski definition) is 1. The average molecular weight is 338 g/mol. The largest absolute Gasteiger partial charge is 0.494 e. The monoisotopic (exact) mass is 338 g/mol. The highest BCUT2D eigenvalue weighted by atomic mass is 16.5. The van der Waals surface area contributed by atoms with Gasteiger partial charge in [-0.15, -0.1) is 0 Å². The Morgan fingerprint density at radius 3 is 2.40 bits per heavy atom. The first-order valence-electron chi connectivity index (χ1n) is 8.40. The van der Waals surface area contributed by atoms with Gasteiger partial charge in [0, 0.05) is 6.54 Å². The molecule has 5 nitrogen and oxygen atoms in total. The van der Waals surface area contributed by atoms with Gasteiger partial charge in [-0.2, -0.15) is 0 Å². The van der Waals surface area contributed by atoms with Gasteiger partial charge in [0.2, 0.25) is 0 Å². The molecule has 1 heterocycles. The second-order valence-electron chi connectivity index (χ2n) is 6.39. The Bertz CT molecular complexity index is 758. The first kappa shape index (κ1) is 17.0. The molecule has 2 aromatic carbocycles. The van der Waals surface area contributed by atoms with Gasteiger partial charge in [-0.25, -0.2) is 4.79 Å². The van der Waals surface area contributed by atoms with Gasteiger partial charge in [-0.05, 0) is 38.0 Å². The van der Waals surface area contributed by atoms with E-state index in [0.717, 1.165) is 16.9 Å². The molecule has 130 valence electrons. The van der Waals surface area contributed by atoms with Crippen molar-refractivity contribution in [3.63, 3.8) is 0 Å². The molecule has 1 fully saturated rings. The summed E-state index contributed by atoms with van der Waals surface area (Å²) in [6, 6.07) is 16.8. The predicted molar refractivity (Wildman–Crippen MR) is 95.3 cm³/mol. The van der Waals surface area contributed by atoms with E-state index in [1.54, 1.807) is 6.92 Å². The zero-order chi connectivity index (χ0) is 17.9. The van der Waals surface area contributed by atoms with Crippen LogP contribution in [0.15, 0.2) is 54.6 Å². The molecule has 1 unspecified atom stereocenters. The van der Waals surface area contributed by atoms with Gasteiger partial charge in [-0.1, -0.05) is 48.0 Å². The Morgan fingerprint density at radius 1 is 1.04 bits per heavy atom. The summed E-state index contributed by atoms with van der Waals surface area (Å²) in [6.07, 6.45) is 0.581. The number of nitrogens with one attached hydrogen (secondary N) is 1. The Balaban J connectivity index is 1.60. The highest BCUT2D eigenvalue weighted by molar-refractivity contribution is 6.07. The molecule has 2 aromatic rings. The second kappa shape index (κ2) is 6.97. The van der Waals surface area contributed by atoms with Crippen molar-refractivity contribution in [2.75, 3.05) is 13.2 Å². The molecule has 0 bridgehead atoms. The number of imide groups is 1. The fraction of sp³-hybridized carbons (Fsp3) is 0.300. The third kappa shape index (κ3) is 3.50. The molecule has 0 aliphatic carbocycles. The van der Waals surface area contributed by atoms with E-state index in [9.17, 15) is 9.59 Å². The number of amides is 3. The molecule has 0 aromatic heterocycles. The molecular weight excluding hydrogens is 316 g/mol. The number of hydrogen-bond acceptors (Lipinski definition) is 3. The number of ether oxygens (including phenoxy) is 1. The summed E-state index contributed by atoms with van der Waals surface area (Å²) >= 11 is 0. The first-order chi connectivity index (χ1) is 12.0. The lowest BCUT2D eigenvalue weighted by Crippen LogP contribution is -2.41. The molecule has 0 radical (unpaired) electrons. The van der Waals surface area contributed by atoms with Crippen LogP contribution in [-0.4, -0.2) is 30.0 Å². The van der Waals surface area contributed by atoms with Gasteiger partial charge < -0.3 is 10.1 Å². The van der Waals surface area contributed by atoms with Crippen LogP contribution in [0.1, 0.15) is 24.5 Å². The maximum atomic E-state index is 12.8. The lowest BCUT2D eigenvalue weighted by atomic mass is 9.91. The lowest BCUT2D eigenvalue weighted by Gasteiger charge is -2.22. The van der Waals surface area contributed by atoms with Crippen LogP contribution in [0.4, 0.5) is 4.79 Å². The third-order valence-corrected chi connectivity index (χ3v) is 4.44. The Kier molecular flexibility index (Phi) is 4.74. The second-order valence-corrected chi connectivity index (χ2v) is 6.39. The fourth-order valence-electron chi connectivity index (χ4n) is 2.91. The fourth-order valence-corrected chi connectivity index (χ4v) is 2.91. The summed E-state index contributed by atoms with van der Waals surface area (Å²) in [5, 5.41) is 2.82. The summed E-state index contributed by atoms with van der Waals surface area (Å²) in [5.74, 6) is 0.560. The van der Waals surface area contributed by atoms with Crippen LogP contribution in [0.25, 0.3) is 0 Å². The molecule has 0 saturated carbocycles. The van der Waals surface area contributed by atoms with Crippen molar-refractivity contribution >= 4 is 11.9 Å². The standard InChI is InChI=1S/C20H22N2O3/c1-15-9-11-16(12-10-15)20(2)18(23)22(19(24)21-20)13-6-14-25-17-7-4-3-5-8-17/h3-5,7-12H,6,13-14H2,1-2H3,(H,21,24). The molecule has 25 heavy (non-hydrogen) atoms. The highest BCUT2D eigenvalue weighted by Crippen LogP contribution is 2.29. The van der Waals surface area contributed by atoms with Crippen LogP contribution in [-0.2, 0) is 10.3 Å². The number of rotatable bonds is 6. The summed E-state index contributed by atoms with van der Waals surface area (Å²) in [6.45, 7) is 4.51. The zero-order valence-electron chi connectivity index (χ0n) is 14.5. The van der Waals surface area contributed by atoms with Gasteiger partial charge in [0.25, 0.3) is 5.91 Å².